The van der Waals surface area contributed by atoms with Gasteiger partial charge >= 0.3 is 6.18 Å². The molecule has 0 aliphatic heterocycles. The molecule has 0 saturated carbocycles. The zero-order valence-corrected chi connectivity index (χ0v) is 8.17. The average molecular weight is 237 g/mol. The van der Waals surface area contributed by atoms with Crippen molar-refractivity contribution in [1.82, 2.24) is 15.3 Å². The Bertz CT molecular complexity index is 324. The van der Waals surface area contributed by atoms with Crippen molar-refractivity contribution in [2.24, 2.45) is 0 Å². The lowest BCUT2D eigenvalue weighted by Crippen LogP contribution is -2.29. The fourth-order valence-electron chi connectivity index (χ4n) is 0.886. The summed E-state index contributed by atoms with van der Waals surface area (Å²) in [4.78, 5) is 17.4. The minimum atomic E-state index is -4.41. The van der Waals surface area contributed by atoms with Crippen LogP contribution in [0.2, 0.25) is 0 Å². The molecule has 1 amide bonds. The number of aromatic amines is 1. The predicted molar refractivity (Wildman–Crippen MR) is 47.3 cm³/mol. The maximum Gasteiger partial charge on any atom is 0.411 e. The second-order valence-corrected chi connectivity index (χ2v) is 2.96. The Balaban J connectivity index is 2.12. The minimum Gasteiger partial charge on any atom is -0.362 e. The Morgan fingerprint density at radius 2 is 2.31 bits per heavy atom. The molecule has 0 spiro atoms. The molecule has 0 aliphatic rings. The molecule has 1 heterocycles. The van der Waals surface area contributed by atoms with E-state index in [-0.39, 0.29) is 6.54 Å². The van der Waals surface area contributed by atoms with Crippen LogP contribution >= 0.6 is 0 Å². The van der Waals surface area contributed by atoms with Crippen LogP contribution in [0.25, 0.3) is 0 Å². The maximum atomic E-state index is 11.6. The van der Waals surface area contributed by atoms with Gasteiger partial charge in [-0.15, -0.1) is 0 Å². The number of aromatic nitrogens is 2. The molecule has 2 N–H and O–H groups in total. The summed E-state index contributed by atoms with van der Waals surface area (Å²) in [7, 11) is 0. The van der Waals surface area contributed by atoms with Crippen LogP contribution in [-0.2, 0) is 16.1 Å². The summed E-state index contributed by atoms with van der Waals surface area (Å²) in [6, 6.07) is 0. The van der Waals surface area contributed by atoms with E-state index in [1.165, 1.54) is 12.5 Å². The monoisotopic (exact) mass is 237 g/mol. The van der Waals surface area contributed by atoms with E-state index in [4.69, 9.17) is 0 Å². The van der Waals surface area contributed by atoms with Gasteiger partial charge in [-0.1, -0.05) is 0 Å². The van der Waals surface area contributed by atoms with E-state index in [1.807, 2.05) is 0 Å². The highest BCUT2D eigenvalue weighted by molar-refractivity contribution is 5.77. The highest BCUT2D eigenvalue weighted by Gasteiger charge is 2.27. The summed E-state index contributed by atoms with van der Waals surface area (Å²) in [5.41, 5.74) is 0.657. The van der Waals surface area contributed by atoms with Crippen molar-refractivity contribution in [2.75, 3.05) is 13.2 Å². The van der Waals surface area contributed by atoms with Gasteiger partial charge in [-0.05, 0) is 0 Å². The van der Waals surface area contributed by atoms with Crippen molar-refractivity contribution in [3.05, 3.63) is 18.2 Å². The molecule has 1 rings (SSSR count). The van der Waals surface area contributed by atoms with Gasteiger partial charge in [0, 0.05) is 6.20 Å². The van der Waals surface area contributed by atoms with Crippen LogP contribution in [0.15, 0.2) is 12.5 Å². The van der Waals surface area contributed by atoms with Crippen LogP contribution < -0.4 is 5.32 Å². The number of halogens is 3. The van der Waals surface area contributed by atoms with E-state index >= 15 is 0 Å². The number of imidazole rings is 1. The zero-order chi connectivity index (χ0) is 12.0. The highest BCUT2D eigenvalue weighted by atomic mass is 19.4. The van der Waals surface area contributed by atoms with Gasteiger partial charge in [-0.25, -0.2) is 4.98 Å². The van der Waals surface area contributed by atoms with Crippen LogP contribution in [0, 0.1) is 0 Å². The van der Waals surface area contributed by atoms with E-state index in [0.717, 1.165) is 0 Å². The first-order valence-corrected chi connectivity index (χ1v) is 4.36. The lowest BCUT2D eigenvalue weighted by Gasteiger charge is -2.07. The summed E-state index contributed by atoms with van der Waals surface area (Å²) in [6.07, 6.45) is -1.48. The molecule has 0 saturated heterocycles. The van der Waals surface area contributed by atoms with Crippen LogP contribution in [-0.4, -0.2) is 35.3 Å². The number of hydrogen-bond acceptors (Lipinski definition) is 3. The number of carbonyl (C=O) groups excluding carboxylic acids is 1. The number of alkyl halides is 3. The number of amides is 1. The topological polar surface area (TPSA) is 67.0 Å². The molecule has 16 heavy (non-hydrogen) atoms. The number of rotatable bonds is 5. The third kappa shape index (κ3) is 5.35. The van der Waals surface area contributed by atoms with Gasteiger partial charge in [0.05, 0.1) is 18.6 Å². The van der Waals surface area contributed by atoms with E-state index in [9.17, 15) is 18.0 Å². The number of hydrogen-bond donors (Lipinski definition) is 2. The Morgan fingerprint density at radius 1 is 1.56 bits per heavy atom. The van der Waals surface area contributed by atoms with Gasteiger partial charge in [-0.3, -0.25) is 4.79 Å². The maximum absolute atomic E-state index is 11.6. The van der Waals surface area contributed by atoms with Crippen LogP contribution in [0.5, 0.6) is 0 Å². The second kappa shape index (κ2) is 5.50. The molecule has 1 aromatic heterocycles. The summed E-state index contributed by atoms with van der Waals surface area (Å²) < 4.78 is 39.1. The summed E-state index contributed by atoms with van der Waals surface area (Å²) >= 11 is 0. The van der Waals surface area contributed by atoms with Crippen molar-refractivity contribution in [3.8, 4) is 0 Å². The quantitative estimate of drug-likeness (QED) is 0.788. The Kier molecular flexibility index (Phi) is 4.29. The largest absolute Gasteiger partial charge is 0.411 e. The molecule has 0 unspecified atom stereocenters. The first kappa shape index (κ1) is 12.5. The lowest BCUT2D eigenvalue weighted by molar-refractivity contribution is -0.175. The van der Waals surface area contributed by atoms with Gasteiger partial charge in [0.1, 0.15) is 13.2 Å². The molecule has 0 bridgehead atoms. The number of ether oxygens (including phenoxy) is 1. The SMILES string of the molecule is O=C(COCC(F)(F)F)NCc1cnc[nH]1. The van der Waals surface area contributed by atoms with Crippen LogP contribution in [0.1, 0.15) is 5.69 Å². The smallest absolute Gasteiger partial charge is 0.362 e. The summed E-state index contributed by atoms with van der Waals surface area (Å²) in [6.45, 7) is -1.87. The molecular formula is C8H10F3N3O2. The number of nitrogens with zero attached hydrogens (tertiary/aromatic N) is 1. The minimum absolute atomic E-state index is 0.175. The number of carbonyl (C=O) groups is 1. The van der Waals surface area contributed by atoms with E-state index in [0.29, 0.717) is 5.69 Å². The van der Waals surface area contributed by atoms with Crippen molar-refractivity contribution < 1.29 is 22.7 Å². The summed E-state index contributed by atoms with van der Waals surface area (Å²) in [5.74, 6) is -0.612. The highest BCUT2D eigenvalue weighted by Crippen LogP contribution is 2.13. The number of H-pyrrole nitrogens is 1. The van der Waals surface area contributed by atoms with Crippen molar-refractivity contribution in [1.29, 1.82) is 0 Å². The Hall–Kier alpha value is -1.57. The van der Waals surface area contributed by atoms with Crippen molar-refractivity contribution in [2.45, 2.75) is 12.7 Å². The van der Waals surface area contributed by atoms with E-state index in [1.54, 1.807) is 0 Å². The van der Waals surface area contributed by atoms with Crippen LogP contribution in [0.4, 0.5) is 13.2 Å². The molecule has 5 nitrogen and oxygen atoms in total. The number of nitrogens with one attached hydrogen (secondary N) is 2. The van der Waals surface area contributed by atoms with E-state index in [2.05, 4.69) is 20.0 Å². The normalized spacial score (nSPS) is 11.4. The van der Waals surface area contributed by atoms with Gasteiger partial charge in [0.2, 0.25) is 5.91 Å². The molecule has 0 aromatic carbocycles. The Labute approximate surface area is 89.0 Å². The van der Waals surface area contributed by atoms with Crippen molar-refractivity contribution >= 4 is 5.91 Å². The zero-order valence-electron chi connectivity index (χ0n) is 8.17. The third-order valence-corrected chi connectivity index (χ3v) is 1.53. The second-order valence-electron chi connectivity index (χ2n) is 2.96. The average Bonchev–Trinajstić information content (AvgIpc) is 2.65. The molecule has 0 radical (unpaired) electrons. The first-order valence-electron chi connectivity index (χ1n) is 4.36. The van der Waals surface area contributed by atoms with Gasteiger partial charge in [0.15, 0.2) is 0 Å². The fourth-order valence-corrected chi connectivity index (χ4v) is 0.886. The molecule has 0 fully saturated rings. The van der Waals surface area contributed by atoms with Crippen LogP contribution in [0.3, 0.4) is 0 Å². The standard InChI is InChI=1S/C8H10F3N3O2/c9-8(10,11)4-16-3-7(15)13-2-6-1-12-5-14-6/h1,5H,2-4H2,(H,12,14)(H,13,15). The van der Waals surface area contributed by atoms with Gasteiger partial charge < -0.3 is 15.0 Å². The van der Waals surface area contributed by atoms with Gasteiger partial charge in [0.25, 0.3) is 0 Å². The lowest BCUT2D eigenvalue weighted by atomic mass is 10.4. The van der Waals surface area contributed by atoms with Gasteiger partial charge in [-0.2, -0.15) is 13.2 Å². The van der Waals surface area contributed by atoms with E-state index < -0.39 is 25.3 Å². The Morgan fingerprint density at radius 3 is 2.88 bits per heavy atom. The van der Waals surface area contributed by atoms with Crippen molar-refractivity contribution in [3.63, 3.8) is 0 Å². The molecule has 8 heteroatoms. The molecular weight excluding hydrogens is 227 g/mol. The fraction of sp³-hybridized carbons (Fsp3) is 0.500. The third-order valence-electron chi connectivity index (χ3n) is 1.53. The first-order chi connectivity index (χ1) is 7.47. The molecule has 1 aromatic rings. The molecule has 0 aliphatic carbocycles. The molecule has 90 valence electrons. The summed E-state index contributed by atoms with van der Waals surface area (Å²) in [5, 5.41) is 2.37. The predicted octanol–water partition coefficient (Wildman–Crippen LogP) is 0.605. The molecule has 0 atom stereocenters.